The number of allylic oxidation sites excluding steroid dienone is 2. The number of benzene rings is 2. The van der Waals surface area contributed by atoms with Gasteiger partial charge in [-0.2, -0.15) is 5.10 Å². The zero-order chi connectivity index (χ0) is 26.6. The van der Waals surface area contributed by atoms with Crippen LogP contribution in [0, 0.1) is 0 Å². The molecule has 9 heteroatoms. The van der Waals surface area contributed by atoms with Crippen molar-refractivity contribution >= 4 is 61.9 Å². The second kappa shape index (κ2) is 9.24. The molecule has 0 saturated heterocycles. The lowest BCUT2D eigenvalue weighted by atomic mass is 9.97. The summed E-state index contributed by atoms with van der Waals surface area (Å²) < 4.78 is 3.63. The van der Waals surface area contributed by atoms with E-state index in [1.807, 2.05) is 78.3 Å². The highest BCUT2D eigenvalue weighted by Gasteiger charge is 2.36. The fourth-order valence-corrected chi connectivity index (χ4v) is 5.29. The fourth-order valence-electron chi connectivity index (χ4n) is 5.11. The van der Waals surface area contributed by atoms with Gasteiger partial charge in [-0.25, -0.2) is 4.98 Å². The SMILES string of the molecule is CN(C)c1ccc(-n2cc(C3=C(c4nn(CCO)c5ccccc45)C(=O)CC3=O)c3cc(Cl)ccc32)cn1. The van der Waals surface area contributed by atoms with Crippen LogP contribution in [0.15, 0.2) is 67.0 Å². The number of pyridine rings is 1. The maximum absolute atomic E-state index is 13.4. The Labute approximate surface area is 223 Å². The molecule has 0 fully saturated rings. The molecule has 2 aromatic carbocycles. The van der Waals surface area contributed by atoms with Gasteiger partial charge in [0.1, 0.15) is 11.5 Å². The third kappa shape index (κ3) is 3.81. The van der Waals surface area contributed by atoms with Gasteiger partial charge < -0.3 is 14.6 Å². The molecule has 8 nitrogen and oxygen atoms in total. The largest absolute Gasteiger partial charge is 0.394 e. The minimum atomic E-state index is -0.274. The van der Waals surface area contributed by atoms with E-state index in [0.717, 1.165) is 33.3 Å². The van der Waals surface area contributed by atoms with Gasteiger partial charge in [-0.05, 0) is 36.4 Å². The number of aliphatic hydroxyl groups is 1. The summed E-state index contributed by atoms with van der Waals surface area (Å²) in [5.74, 6) is 0.288. The van der Waals surface area contributed by atoms with Crippen molar-refractivity contribution in [1.82, 2.24) is 19.3 Å². The standard InChI is InChI=1S/C29H24ClN5O3/c1-33(2)26-10-8-18(15-31-26)34-16-21(20-13-17(30)7-9-22(20)34)27-24(37)14-25(38)28(27)29-19-5-3-4-6-23(19)35(32-29)11-12-36/h3-10,13,15-16,36H,11-12,14H2,1-2H3. The smallest absolute Gasteiger partial charge is 0.173 e. The van der Waals surface area contributed by atoms with Gasteiger partial charge in [0.15, 0.2) is 11.6 Å². The molecule has 6 rings (SSSR count). The monoisotopic (exact) mass is 525 g/mol. The summed E-state index contributed by atoms with van der Waals surface area (Å²) in [6, 6.07) is 16.9. The summed E-state index contributed by atoms with van der Waals surface area (Å²) in [6.45, 7) is 0.173. The predicted molar refractivity (Wildman–Crippen MR) is 149 cm³/mol. The number of hydrogen-bond donors (Lipinski definition) is 1. The maximum atomic E-state index is 13.4. The van der Waals surface area contributed by atoms with E-state index in [-0.39, 0.29) is 31.1 Å². The highest BCUT2D eigenvalue weighted by atomic mass is 35.5. The normalized spacial score (nSPS) is 13.9. The number of carbonyl (C=O) groups is 2. The Hall–Kier alpha value is -4.27. The van der Waals surface area contributed by atoms with Gasteiger partial charge in [0.25, 0.3) is 0 Å². The number of carbonyl (C=O) groups excluding carboxylic acids is 2. The summed E-state index contributed by atoms with van der Waals surface area (Å²) in [6.07, 6.45) is 3.42. The third-order valence-electron chi connectivity index (χ3n) is 6.84. The topological polar surface area (TPSA) is 93.2 Å². The van der Waals surface area contributed by atoms with E-state index < -0.39 is 0 Å². The van der Waals surface area contributed by atoms with Gasteiger partial charge in [0.05, 0.1) is 48.1 Å². The molecule has 190 valence electrons. The van der Waals surface area contributed by atoms with Crippen LogP contribution in [0.1, 0.15) is 17.7 Å². The molecule has 0 bridgehead atoms. The van der Waals surface area contributed by atoms with Gasteiger partial charge >= 0.3 is 0 Å². The summed E-state index contributed by atoms with van der Waals surface area (Å²) in [4.78, 5) is 33.2. The van der Waals surface area contributed by atoms with Gasteiger partial charge in [-0.15, -0.1) is 0 Å². The Kier molecular flexibility index (Phi) is 5.86. The minimum Gasteiger partial charge on any atom is -0.394 e. The molecule has 3 heterocycles. The Morgan fingerprint density at radius 1 is 0.974 bits per heavy atom. The number of anilines is 1. The molecule has 0 atom stereocenters. The van der Waals surface area contributed by atoms with E-state index in [9.17, 15) is 14.7 Å². The van der Waals surface area contributed by atoms with Gasteiger partial charge in [-0.1, -0.05) is 29.8 Å². The summed E-state index contributed by atoms with van der Waals surface area (Å²) >= 11 is 6.41. The van der Waals surface area contributed by atoms with Gasteiger partial charge in [0, 0.05) is 47.2 Å². The van der Waals surface area contributed by atoms with Gasteiger partial charge in [-0.3, -0.25) is 14.3 Å². The van der Waals surface area contributed by atoms with E-state index in [0.29, 0.717) is 27.4 Å². The van der Waals surface area contributed by atoms with Crippen LogP contribution >= 0.6 is 11.6 Å². The van der Waals surface area contributed by atoms with Crippen molar-refractivity contribution in [3.05, 3.63) is 83.3 Å². The second-order valence-electron chi connectivity index (χ2n) is 9.43. The van der Waals surface area contributed by atoms with E-state index in [1.54, 1.807) is 16.9 Å². The number of rotatable bonds is 6. The second-order valence-corrected chi connectivity index (χ2v) is 9.87. The average Bonchev–Trinajstić information content (AvgIpc) is 3.54. The van der Waals surface area contributed by atoms with Crippen molar-refractivity contribution in [2.45, 2.75) is 13.0 Å². The first-order valence-electron chi connectivity index (χ1n) is 12.2. The van der Waals surface area contributed by atoms with Crippen molar-refractivity contribution in [3.8, 4) is 5.69 Å². The maximum Gasteiger partial charge on any atom is 0.173 e. The number of Topliss-reactive ketones (excluding diaryl/α,β-unsaturated/α-hetero) is 2. The van der Waals surface area contributed by atoms with Crippen molar-refractivity contribution < 1.29 is 14.7 Å². The first kappa shape index (κ1) is 24.1. The molecule has 38 heavy (non-hydrogen) atoms. The lowest BCUT2D eigenvalue weighted by Gasteiger charge is -2.12. The van der Waals surface area contributed by atoms with Crippen LogP contribution in [0.25, 0.3) is 38.6 Å². The number of hydrogen-bond acceptors (Lipinski definition) is 6. The molecule has 5 aromatic rings. The number of halogens is 1. The minimum absolute atomic E-state index is 0.101. The molecule has 0 aliphatic heterocycles. The molecule has 0 amide bonds. The molecule has 1 aliphatic rings. The quantitative estimate of drug-likeness (QED) is 0.327. The molecule has 0 unspecified atom stereocenters. The Balaban J connectivity index is 1.63. The number of nitrogens with zero attached hydrogens (tertiary/aromatic N) is 5. The van der Waals surface area contributed by atoms with Crippen molar-refractivity contribution in [1.29, 1.82) is 0 Å². The highest BCUT2D eigenvalue weighted by Crippen LogP contribution is 2.41. The van der Waals surface area contributed by atoms with Crippen molar-refractivity contribution in [2.24, 2.45) is 0 Å². The number of aromatic nitrogens is 4. The molecular weight excluding hydrogens is 502 g/mol. The predicted octanol–water partition coefficient (Wildman–Crippen LogP) is 4.54. The summed E-state index contributed by atoms with van der Waals surface area (Å²) in [5, 5.41) is 16.3. The Bertz CT molecular complexity index is 1780. The number of aliphatic hydroxyl groups excluding tert-OH is 1. The van der Waals surface area contributed by atoms with Crippen LogP contribution in [0.3, 0.4) is 0 Å². The Morgan fingerprint density at radius 3 is 2.50 bits per heavy atom. The van der Waals surface area contributed by atoms with E-state index in [4.69, 9.17) is 11.6 Å². The van der Waals surface area contributed by atoms with E-state index in [1.165, 1.54) is 0 Å². The lowest BCUT2D eigenvalue weighted by Crippen LogP contribution is -2.10. The van der Waals surface area contributed by atoms with Crippen LogP contribution in [-0.4, -0.2) is 56.7 Å². The van der Waals surface area contributed by atoms with Crippen molar-refractivity contribution in [3.63, 3.8) is 0 Å². The molecular formula is C29H24ClN5O3. The van der Waals surface area contributed by atoms with Crippen LogP contribution < -0.4 is 4.90 Å². The van der Waals surface area contributed by atoms with Gasteiger partial charge in [0.2, 0.25) is 0 Å². The number of para-hydroxylation sites is 1. The van der Waals surface area contributed by atoms with Crippen LogP contribution in [0.2, 0.25) is 5.02 Å². The molecule has 0 spiro atoms. The van der Waals surface area contributed by atoms with Crippen LogP contribution in [-0.2, 0) is 16.1 Å². The molecule has 3 aromatic heterocycles. The molecule has 0 saturated carbocycles. The van der Waals surface area contributed by atoms with Crippen LogP contribution in [0.4, 0.5) is 5.82 Å². The van der Waals surface area contributed by atoms with E-state index >= 15 is 0 Å². The summed E-state index contributed by atoms with van der Waals surface area (Å²) in [5.41, 5.74) is 4.12. The lowest BCUT2D eigenvalue weighted by molar-refractivity contribution is -0.119. The van der Waals surface area contributed by atoms with Crippen molar-refractivity contribution in [2.75, 3.05) is 25.6 Å². The zero-order valence-corrected chi connectivity index (χ0v) is 21.6. The highest BCUT2D eigenvalue weighted by molar-refractivity contribution is 6.52. The summed E-state index contributed by atoms with van der Waals surface area (Å²) in [7, 11) is 3.85. The number of fused-ring (bicyclic) bond motifs is 2. The molecule has 1 N–H and O–H groups in total. The van der Waals surface area contributed by atoms with Crippen LogP contribution in [0.5, 0.6) is 0 Å². The average molecular weight is 526 g/mol. The first-order valence-corrected chi connectivity index (χ1v) is 12.6. The zero-order valence-electron chi connectivity index (χ0n) is 20.8. The molecule has 1 aliphatic carbocycles. The Morgan fingerprint density at radius 2 is 1.76 bits per heavy atom. The molecule has 0 radical (unpaired) electrons. The third-order valence-corrected chi connectivity index (χ3v) is 7.07. The first-order chi connectivity index (χ1) is 18.4. The number of ketones is 2. The van der Waals surface area contributed by atoms with E-state index in [2.05, 4.69) is 10.1 Å². The fraction of sp³-hybridized carbons (Fsp3) is 0.172.